The molecule has 1 aliphatic heterocycles. The second-order valence-corrected chi connectivity index (χ2v) is 13.1. The number of hydrogen-bond donors (Lipinski definition) is 3. The highest BCUT2D eigenvalue weighted by Crippen LogP contribution is 2.33. The number of alkyl halides is 3. The van der Waals surface area contributed by atoms with Gasteiger partial charge in [0.05, 0.1) is 29.5 Å². The van der Waals surface area contributed by atoms with Crippen molar-refractivity contribution in [1.29, 1.82) is 0 Å². The minimum absolute atomic E-state index is 0.122. The molecule has 1 aromatic heterocycles. The molecule has 1 fully saturated rings. The first kappa shape index (κ1) is 40.4. The number of methoxy groups -OCH3 is 1. The van der Waals surface area contributed by atoms with Crippen molar-refractivity contribution in [3.63, 3.8) is 0 Å². The van der Waals surface area contributed by atoms with E-state index in [9.17, 15) is 32.3 Å². The molecule has 0 spiro atoms. The van der Waals surface area contributed by atoms with E-state index in [1.54, 1.807) is 42.3 Å². The quantitative estimate of drug-likeness (QED) is 0.127. The Kier molecular flexibility index (Phi) is 13.6. The van der Waals surface area contributed by atoms with Gasteiger partial charge in [0.25, 0.3) is 17.7 Å². The lowest BCUT2D eigenvalue weighted by molar-refractivity contribution is -0.137. The van der Waals surface area contributed by atoms with Crippen molar-refractivity contribution in [2.75, 3.05) is 56.7 Å². The van der Waals surface area contributed by atoms with Crippen molar-refractivity contribution in [3.05, 3.63) is 113 Å². The zero-order chi connectivity index (χ0) is 39.5. The zero-order valence-corrected chi connectivity index (χ0v) is 31.0. The topological polar surface area (TPSA) is 133 Å². The fourth-order valence-corrected chi connectivity index (χ4v) is 6.47. The molecule has 2 heterocycles. The number of benzene rings is 3. The van der Waals surface area contributed by atoms with Gasteiger partial charge in [-0.3, -0.25) is 24.2 Å². The molecule has 1 unspecified atom stereocenters. The fourth-order valence-electron chi connectivity index (χ4n) is 6.47. The Morgan fingerprint density at radius 1 is 0.891 bits per heavy atom. The predicted octanol–water partition coefficient (Wildman–Crippen LogP) is 6.41. The maximum absolute atomic E-state index is 13.8. The number of rotatable bonds is 14. The van der Waals surface area contributed by atoms with Gasteiger partial charge >= 0.3 is 6.18 Å². The molecule has 4 amide bonds. The van der Waals surface area contributed by atoms with Crippen LogP contribution in [0.15, 0.2) is 85.1 Å². The first-order valence-electron chi connectivity index (χ1n) is 18.2. The van der Waals surface area contributed by atoms with Gasteiger partial charge in [0, 0.05) is 80.5 Å². The van der Waals surface area contributed by atoms with E-state index in [0.29, 0.717) is 73.7 Å². The molecule has 3 N–H and O–H groups in total. The van der Waals surface area contributed by atoms with Crippen LogP contribution in [0.1, 0.15) is 68.9 Å². The van der Waals surface area contributed by atoms with E-state index < -0.39 is 23.6 Å². The van der Waals surface area contributed by atoms with Crippen LogP contribution >= 0.6 is 0 Å². The molecule has 55 heavy (non-hydrogen) atoms. The summed E-state index contributed by atoms with van der Waals surface area (Å²) < 4.78 is 44.6. The Balaban J connectivity index is 1.35. The number of carbonyl (C=O) groups is 4. The summed E-state index contributed by atoms with van der Waals surface area (Å²) in [5.74, 6) is -1.73. The monoisotopic (exact) mass is 758 g/mol. The van der Waals surface area contributed by atoms with Crippen molar-refractivity contribution >= 4 is 35.0 Å². The van der Waals surface area contributed by atoms with Crippen molar-refractivity contribution in [1.82, 2.24) is 20.5 Å². The van der Waals surface area contributed by atoms with Crippen LogP contribution in [0.3, 0.4) is 0 Å². The Morgan fingerprint density at radius 3 is 2.38 bits per heavy atom. The summed E-state index contributed by atoms with van der Waals surface area (Å²) in [4.78, 5) is 61.5. The van der Waals surface area contributed by atoms with E-state index in [-0.39, 0.29) is 41.9 Å². The van der Waals surface area contributed by atoms with Gasteiger partial charge in [-0.05, 0) is 92.9 Å². The molecular formula is C41H45F3N6O5. The molecule has 14 heteroatoms. The lowest BCUT2D eigenvalue weighted by Gasteiger charge is -2.32. The van der Waals surface area contributed by atoms with Gasteiger partial charge < -0.3 is 30.5 Å². The number of hydrogen-bond acceptors (Lipinski definition) is 7. The van der Waals surface area contributed by atoms with E-state index in [4.69, 9.17) is 4.74 Å². The molecule has 0 aliphatic carbocycles. The minimum atomic E-state index is -4.50. The molecule has 290 valence electrons. The smallest absolute Gasteiger partial charge is 0.383 e. The third-order valence-electron chi connectivity index (χ3n) is 9.44. The first-order valence-corrected chi connectivity index (χ1v) is 18.2. The van der Waals surface area contributed by atoms with Gasteiger partial charge in [-0.25, -0.2) is 0 Å². The molecule has 5 rings (SSSR count). The van der Waals surface area contributed by atoms with Crippen LogP contribution in [0.4, 0.5) is 24.5 Å². The average molecular weight is 759 g/mol. The van der Waals surface area contributed by atoms with Gasteiger partial charge in [0.2, 0.25) is 5.91 Å². The van der Waals surface area contributed by atoms with Gasteiger partial charge in [-0.1, -0.05) is 18.2 Å². The normalized spacial score (nSPS) is 14.2. The molecule has 11 nitrogen and oxygen atoms in total. The molecule has 1 aliphatic rings. The molecule has 0 saturated carbocycles. The number of pyridine rings is 1. The molecule has 4 aromatic rings. The number of halogens is 3. The maximum Gasteiger partial charge on any atom is 0.416 e. The largest absolute Gasteiger partial charge is 0.416 e. The number of likely N-dealkylation sites (tertiary alicyclic amines) is 1. The Bertz CT molecular complexity index is 2000. The summed E-state index contributed by atoms with van der Waals surface area (Å²) in [6, 6.07) is 19.7. The maximum atomic E-state index is 13.8. The number of ether oxygens (including phenoxy) is 1. The molecule has 3 aromatic carbocycles. The lowest BCUT2D eigenvalue weighted by atomic mass is 9.96. The molecular weight excluding hydrogens is 713 g/mol. The summed E-state index contributed by atoms with van der Waals surface area (Å²) in [6.45, 7) is 6.88. The second-order valence-electron chi connectivity index (χ2n) is 13.1. The number of amides is 4. The first-order chi connectivity index (χ1) is 26.4. The van der Waals surface area contributed by atoms with Crippen LogP contribution in [0, 0.1) is 5.92 Å². The van der Waals surface area contributed by atoms with Gasteiger partial charge in [0.1, 0.15) is 0 Å². The van der Waals surface area contributed by atoms with E-state index in [0.717, 1.165) is 17.8 Å². The molecule has 1 atom stereocenters. The minimum Gasteiger partial charge on any atom is -0.383 e. The van der Waals surface area contributed by atoms with Crippen LogP contribution < -0.4 is 20.9 Å². The SMILES string of the molecule is CCN(CC)c1ccc(NC(=O)c2cccc(C(=O)N3CCCC(C(=O)NCCOC)C3)c2)c(-c2cc(C(=O)NCc3cccc(C(F)(F)F)c3)ccn2)c1. The van der Waals surface area contributed by atoms with Crippen molar-refractivity contribution in [2.24, 2.45) is 5.92 Å². The third-order valence-corrected chi connectivity index (χ3v) is 9.44. The number of nitrogens with one attached hydrogen (secondary N) is 3. The van der Waals surface area contributed by atoms with E-state index in [1.807, 2.05) is 26.0 Å². The van der Waals surface area contributed by atoms with Crippen LogP contribution in [-0.4, -0.2) is 80.0 Å². The summed E-state index contributed by atoms with van der Waals surface area (Å²) in [7, 11) is 1.56. The number of piperidine rings is 1. The van der Waals surface area contributed by atoms with Crippen molar-refractivity contribution in [2.45, 2.75) is 39.4 Å². The zero-order valence-electron chi connectivity index (χ0n) is 31.0. The van der Waals surface area contributed by atoms with Crippen LogP contribution in [0.25, 0.3) is 11.3 Å². The van der Waals surface area contributed by atoms with Crippen molar-refractivity contribution < 1.29 is 37.1 Å². The fraction of sp³-hybridized carbons (Fsp3) is 0.341. The number of carbonyl (C=O) groups excluding carboxylic acids is 4. The number of anilines is 2. The van der Waals surface area contributed by atoms with E-state index in [2.05, 4.69) is 25.8 Å². The van der Waals surface area contributed by atoms with Crippen LogP contribution in [-0.2, 0) is 22.3 Å². The average Bonchev–Trinajstić information content (AvgIpc) is 3.20. The number of aromatic nitrogens is 1. The number of nitrogens with zero attached hydrogens (tertiary/aromatic N) is 3. The van der Waals surface area contributed by atoms with Crippen molar-refractivity contribution in [3.8, 4) is 11.3 Å². The summed E-state index contributed by atoms with van der Waals surface area (Å²) in [6.07, 6.45) is -1.71. The van der Waals surface area contributed by atoms with Gasteiger partial charge in [-0.15, -0.1) is 0 Å². The Morgan fingerprint density at radius 2 is 1.64 bits per heavy atom. The van der Waals surface area contributed by atoms with Gasteiger partial charge in [-0.2, -0.15) is 13.2 Å². The highest BCUT2D eigenvalue weighted by atomic mass is 19.4. The Labute approximate surface area is 318 Å². The summed E-state index contributed by atoms with van der Waals surface area (Å²) >= 11 is 0. The third kappa shape index (κ3) is 10.5. The molecule has 1 saturated heterocycles. The van der Waals surface area contributed by atoms with E-state index in [1.165, 1.54) is 30.5 Å². The highest BCUT2D eigenvalue weighted by Gasteiger charge is 2.31. The summed E-state index contributed by atoms with van der Waals surface area (Å²) in [5, 5.41) is 8.48. The van der Waals surface area contributed by atoms with Crippen LogP contribution in [0.2, 0.25) is 0 Å². The van der Waals surface area contributed by atoms with Gasteiger partial charge in [0.15, 0.2) is 0 Å². The highest BCUT2D eigenvalue weighted by molar-refractivity contribution is 6.08. The lowest BCUT2D eigenvalue weighted by Crippen LogP contribution is -2.46. The molecule has 0 radical (unpaired) electrons. The van der Waals surface area contributed by atoms with E-state index >= 15 is 0 Å². The predicted molar refractivity (Wildman–Crippen MR) is 204 cm³/mol. The summed E-state index contributed by atoms with van der Waals surface area (Å²) in [5.41, 5.74) is 2.45. The Hall–Kier alpha value is -5.76. The standard InChI is InChI=1S/C41H45F3N6O5/c1-4-49(5-2)33-14-15-35(34(24-33)36-23-29(16-17-45-36)37(51)47-25-27-9-6-13-32(21-27)41(42,43)44)48-39(53)28-10-7-11-30(22-28)40(54)50-19-8-12-31(26-50)38(52)46-18-20-55-3/h6-7,9-11,13-17,21-24,31H,4-5,8,12,18-20,25-26H2,1-3H3,(H,46,52)(H,47,51)(H,48,53). The second kappa shape index (κ2) is 18.5. The van der Waals surface area contributed by atoms with Crippen LogP contribution in [0.5, 0.6) is 0 Å². The molecule has 0 bridgehead atoms.